The predicted octanol–water partition coefficient (Wildman–Crippen LogP) is 5.01. The number of anilines is 1. The van der Waals surface area contributed by atoms with E-state index in [9.17, 15) is 24.3 Å². The summed E-state index contributed by atoms with van der Waals surface area (Å²) in [5, 5.41) is 14.0. The molecule has 0 aliphatic carbocycles. The van der Waals surface area contributed by atoms with Crippen LogP contribution in [-0.2, 0) is 28.7 Å². The fourth-order valence-electron chi connectivity index (χ4n) is 7.78. The monoisotopic (exact) mass is 691 g/mol. The van der Waals surface area contributed by atoms with Crippen LogP contribution < -0.4 is 10.2 Å². The van der Waals surface area contributed by atoms with E-state index >= 15 is 0 Å². The van der Waals surface area contributed by atoms with Gasteiger partial charge in [-0.3, -0.25) is 19.2 Å². The zero-order valence-corrected chi connectivity index (χ0v) is 29.1. The zero-order chi connectivity index (χ0) is 35.5. The highest BCUT2D eigenvalue weighted by Crippen LogP contribution is 2.59. The lowest BCUT2D eigenvalue weighted by molar-refractivity contribution is -0.162. The first-order valence-corrected chi connectivity index (χ1v) is 17.3. The fourth-order valence-corrected chi connectivity index (χ4v) is 7.90. The summed E-state index contributed by atoms with van der Waals surface area (Å²) in [4.78, 5) is 59.4. The normalized spacial score (nSPS) is 25.8. The first kappa shape index (κ1) is 36.3. The molecule has 49 heavy (non-hydrogen) atoms. The van der Waals surface area contributed by atoms with Gasteiger partial charge in [0.2, 0.25) is 11.8 Å². The van der Waals surface area contributed by atoms with Gasteiger partial charge < -0.3 is 29.7 Å². The second-order valence-corrected chi connectivity index (χ2v) is 13.9. The minimum absolute atomic E-state index is 0.148. The Balaban J connectivity index is 1.51. The van der Waals surface area contributed by atoms with Crippen molar-refractivity contribution in [1.29, 1.82) is 0 Å². The number of benzene rings is 2. The third-order valence-corrected chi connectivity index (χ3v) is 10.3. The van der Waals surface area contributed by atoms with E-state index in [0.717, 1.165) is 0 Å². The van der Waals surface area contributed by atoms with Gasteiger partial charge in [-0.25, -0.2) is 0 Å². The summed E-state index contributed by atoms with van der Waals surface area (Å²) >= 11 is 6.15. The molecule has 2 N–H and O–H groups in total. The molecule has 0 unspecified atom stereocenters. The van der Waals surface area contributed by atoms with Crippen LogP contribution in [0.1, 0.15) is 58.1 Å². The summed E-state index contributed by atoms with van der Waals surface area (Å²) in [5.74, 6) is -3.88. The first-order valence-electron chi connectivity index (χ1n) is 16.9. The molecule has 11 heteroatoms. The smallest absolute Gasteiger partial charge is 0.313 e. The maximum atomic E-state index is 14.8. The Hall–Kier alpha value is -3.99. The second kappa shape index (κ2) is 15.3. The SMILES string of the molecule is C=CCCC(=O)N[C@@H](C)[C@H](OC(=O)[C@@H]1[C@@H]2CC[C@]3(O2)[C@H](C(=O)N(CC=C)c2ccc(Cl)cc2)N([C@@H](CO)C(C)C)C(=O)[C@@H]13)c1ccccc1. The van der Waals surface area contributed by atoms with Gasteiger partial charge in [-0.15, -0.1) is 13.2 Å². The summed E-state index contributed by atoms with van der Waals surface area (Å²) in [6.07, 6.45) is 3.33. The molecular weight excluding hydrogens is 646 g/mol. The number of amides is 3. The van der Waals surface area contributed by atoms with Crippen molar-refractivity contribution in [1.82, 2.24) is 10.2 Å². The minimum Gasteiger partial charge on any atom is -0.455 e. The molecular formula is C38H46ClN3O7. The lowest BCUT2D eigenvalue weighted by atomic mass is 9.70. The van der Waals surface area contributed by atoms with Crippen molar-refractivity contribution < 1.29 is 33.8 Å². The minimum atomic E-state index is -1.32. The first-order chi connectivity index (χ1) is 23.5. The van der Waals surface area contributed by atoms with Gasteiger partial charge in [0.1, 0.15) is 17.7 Å². The zero-order valence-electron chi connectivity index (χ0n) is 28.3. The Morgan fingerprint density at radius 3 is 2.43 bits per heavy atom. The second-order valence-electron chi connectivity index (χ2n) is 13.5. The van der Waals surface area contributed by atoms with Crippen LogP contribution in [0.2, 0.25) is 5.02 Å². The Morgan fingerprint density at radius 1 is 1.12 bits per heavy atom. The maximum absolute atomic E-state index is 14.8. The van der Waals surface area contributed by atoms with Crippen LogP contribution in [0.15, 0.2) is 79.9 Å². The Bertz CT molecular complexity index is 1550. The van der Waals surface area contributed by atoms with Crippen molar-refractivity contribution >= 4 is 41.0 Å². The highest BCUT2D eigenvalue weighted by Gasteiger charge is 2.76. The van der Waals surface area contributed by atoms with E-state index in [1.165, 1.54) is 9.80 Å². The molecule has 2 aromatic rings. The molecule has 3 aliphatic rings. The number of esters is 1. The number of ether oxygens (including phenoxy) is 2. The number of aliphatic hydroxyl groups excluding tert-OH is 1. The van der Waals surface area contributed by atoms with Crippen molar-refractivity contribution in [2.75, 3.05) is 18.1 Å². The molecule has 1 spiro atoms. The largest absolute Gasteiger partial charge is 0.455 e. The van der Waals surface area contributed by atoms with E-state index in [1.54, 1.807) is 43.3 Å². The van der Waals surface area contributed by atoms with Crippen LogP contribution in [0.4, 0.5) is 5.69 Å². The van der Waals surface area contributed by atoms with Gasteiger partial charge in [0.05, 0.1) is 36.6 Å². The average molecular weight is 692 g/mol. The van der Waals surface area contributed by atoms with Crippen molar-refractivity contribution in [3.63, 3.8) is 0 Å². The Labute approximate surface area is 293 Å². The summed E-state index contributed by atoms with van der Waals surface area (Å²) in [6.45, 7) is 12.8. The molecule has 2 aromatic carbocycles. The molecule has 3 heterocycles. The standard InChI is InChI=1S/C38H46ClN3O7/c1-6-8-14-30(44)40-24(5)33(25-12-10-9-11-13-25)48-37(47)31-29-19-20-38(49-29)32(31)35(45)42(28(22-43)23(3)4)34(38)36(46)41(21-7-2)27-17-15-26(39)16-18-27/h6-7,9-13,15-18,23-24,28-29,31-34,43H,1-2,8,14,19-22H2,3-5H3,(H,40,44)/t24-,28-,29-,31+,32+,33-,34-,38+/m0/s1. The highest BCUT2D eigenvalue weighted by atomic mass is 35.5. The average Bonchev–Trinajstić information content (AvgIpc) is 3.73. The number of rotatable bonds is 15. The summed E-state index contributed by atoms with van der Waals surface area (Å²) < 4.78 is 12.9. The Kier molecular flexibility index (Phi) is 11.3. The predicted molar refractivity (Wildman–Crippen MR) is 186 cm³/mol. The molecule has 8 atom stereocenters. The van der Waals surface area contributed by atoms with E-state index in [1.807, 2.05) is 44.2 Å². The van der Waals surface area contributed by atoms with Gasteiger partial charge in [0, 0.05) is 23.7 Å². The van der Waals surface area contributed by atoms with Crippen LogP contribution in [0, 0.1) is 17.8 Å². The van der Waals surface area contributed by atoms with Gasteiger partial charge in [-0.05, 0) is 61.9 Å². The number of allylic oxidation sites excluding steroid dienone is 1. The molecule has 0 aromatic heterocycles. The number of carbonyl (C=O) groups excluding carboxylic acids is 4. The number of likely N-dealkylation sites (tertiary alicyclic amines) is 1. The lowest BCUT2D eigenvalue weighted by Gasteiger charge is -2.40. The van der Waals surface area contributed by atoms with Gasteiger partial charge in [-0.2, -0.15) is 0 Å². The fraction of sp³-hybridized carbons (Fsp3) is 0.474. The molecule has 3 fully saturated rings. The third-order valence-electron chi connectivity index (χ3n) is 10.1. The number of hydrogen-bond donors (Lipinski definition) is 2. The van der Waals surface area contributed by atoms with E-state index in [2.05, 4.69) is 18.5 Å². The van der Waals surface area contributed by atoms with Crippen LogP contribution in [0.3, 0.4) is 0 Å². The molecule has 10 nitrogen and oxygen atoms in total. The van der Waals surface area contributed by atoms with Crippen LogP contribution in [-0.4, -0.2) is 76.7 Å². The molecule has 262 valence electrons. The third kappa shape index (κ3) is 6.91. The lowest BCUT2D eigenvalue weighted by Crippen LogP contribution is -2.59. The highest BCUT2D eigenvalue weighted by molar-refractivity contribution is 6.30. The van der Waals surface area contributed by atoms with E-state index in [0.29, 0.717) is 35.5 Å². The maximum Gasteiger partial charge on any atom is 0.313 e. The summed E-state index contributed by atoms with van der Waals surface area (Å²) in [7, 11) is 0. The quantitative estimate of drug-likeness (QED) is 0.199. The molecule has 0 radical (unpaired) electrons. The van der Waals surface area contributed by atoms with Gasteiger partial charge >= 0.3 is 5.97 Å². The van der Waals surface area contributed by atoms with Gasteiger partial charge in [-0.1, -0.05) is 67.9 Å². The number of nitrogens with zero attached hydrogens (tertiary/aromatic N) is 2. The van der Waals surface area contributed by atoms with Crippen molar-refractivity contribution in [3.05, 3.63) is 90.5 Å². The molecule has 3 saturated heterocycles. The molecule has 3 aliphatic heterocycles. The number of halogens is 1. The number of fused-ring (bicyclic) bond motifs is 1. The number of nitrogens with one attached hydrogen (secondary N) is 1. The van der Waals surface area contributed by atoms with Crippen molar-refractivity contribution in [2.24, 2.45) is 17.8 Å². The van der Waals surface area contributed by atoms with E-state index in [4.69, 9.17) is 21.1 Å². The molecule has 0 saturated carbocycles. The van der Waals surface area contributed by atoms with E-state index in [-0.39, 0.29) is 31.4 Å². The molecule has 5 rings (SSSR count). The van der Waals surface area contributed by atoms with Crippen LogP contribution in [0.25, 0.3) is 0 Å². The summed E-state index contributed by atoms with van der Waals surface area (Å²) in [5.41, 5.74) is -0.0737. The van der Waals surface area contributed by atoms with E-state index < -0.39 is 65.6 Å². The molecule has 3 amide bonds. The number of carbonyl (C=O) groups is 4. The van der Waals surface area contributed by atoms with Crippen molar-refractivity contribution in [3.8, 4) is 0 Å². The molecule has 2 bridgehead atoms. The van der Waals surface area contributed by atoms with Crippen LogP contribution in [0.5, 0.6) is 0 Å². The Morgan fingerprint density at radius 2 is 1.82 bits per heavy atom. The number of aliphatic hydroxyl groups is 1. The number of hydrogen-bond acceptors (Lipinski definition) is 7. The summed E-state index contributed by atoms with van der Waals surface area (Å²) in [6, 6.07) is 13.5. The van der Waals surface area contributed by atoms with Crippen molar-refractivity contribution in [2.45, 2.75) is 82.4 Å². The van der Waals surface area contributed by atoms with Gasteiger partial charge in [0.15, 0.2) is 0 Å². The van der Waals surface area contributed by atoms with Crippen LogP contribution >= 0.6 is 11.6 Å². The topological polar surface area (TPSA) is 125 Å². The van der Waals surface area contributed by atoms with Gasteiger partial charge in [0.25, 0.3) is 5.91 Å².